The number of carbonyl (C=O) groups is 1. The first-order valence-corrected chi connectivity index (χ1v) is 8.79. The van der Waals surface area contributed by atoms with Gasteiger partial charge in [0.2, 0.25) is 5.79 Å². The molecule has 2 aliphatic heterocycles. The number of amides is 1. The van der Waals surface area contributed by atoms with Gasteiger partial charge < -0.3 is 25.0 Å². The van der Waals surface area contributed by atoms with E-state index in [0.29, 0.717) is 12.1 Å². The number of aromatic hydroxyl groups is 2. The van der Waals surface area contributed by atoms with E-state index in [1.807, 2.05) is 6.92 Å². The van der Waals surface area contributed by atoms with Gasteiger partial charge in [-0.15, -0.1) is 0 Å². The van der Waals surface area contributed by atoms with Gasteiger partial charge in [0.15, 0.2) is 5.60 Å². The summed E-state index contributed by atoms with van der Waals surface area (Å²) in [6.45, 7) is 3.55. The maximum absolute atomic E-state index is 12.6. The third-order valence-corrected chi connectivity index (χ3v) is 5.21. The van der Waals surface area contributed by atoms with Crippen LogP contribution >= 0.6 is 0 Å². The fourth-order valence-electron chi connectivity index (χ4n) is 3.48. The lowest BCUT2D eigenvalue weighted by molar-refractivity contribution is -0.184. The Morgan fingerprint density at radius 2 is 1.67 bits per heavy atom. The number of hydrogen-bond donors (Lipinski definition) is 3. The molecule has 2 aromatic rings. The van der Waals surface area contributed by atoms with Crippen molar-refractivity contribution >= 4 is 12.0 Å². The summed E-state index contributed by atoms with van der Waals surface area (Å²) in [6, 6.07) is 13.4. The van der Waals surface area contributed by atoms with Gasteiger partial charge in [-0.1, -0.05) is 24.3 Å². The van der Waals surface area contributed by atoms with Crippen LogP contribution < -0.4 is 5.32 Å². The molecule has 2 saturated heterocycles. The van der Waals surface area contributed by atoms with Crippen LogP contribution in [0.5, 0.6) is 11.5 Å². The molecule has 6 nitrogen and oxygen atoms in total. The minimum atomic E-state index is -1.14. The first kappa shape index (κ1) is 17.6. The molecule has 3 atom stereocenters. The van der Waals surface area contributed by atoms with Crippen LogP contribution in [0.15, 0.2) is 54.2 Å². The van der Waals surface area contributed by atoms with Crippen LogP contribution in [0.1, 0.15) is 25.0 Å². The van der Waals surface area contributed by atoms with Crippen LogP contribution in [0.2, 0.25) is 0 Å². The van der Waals surface area contributed by atoms with E-state index in [1.54, 1.807) is 61.5 Å². The number of phenolic OH excluding ortho intramolecular Hbond substituents is 2. The molecule has 140 valence electrons. The number of rotatable bonds is 3. The Morgan fingerprint density at radius 3 is 2.30 bits per heavy atom. The summed E-state index contributed by atoms with van der Waals surface area (Å²) in [4.78, 5) is 12.6. The van der Waals surface area contributed by atoms with E-state index >= 15 is 0 Å². The molecule has 0 spiro atoms. The molecular weight excluding hydrogens is 346 g/mol. The monoisotopic (exact) mass is 367 g/mol. The van der Waals surface area contributed by atoms with Crippen molar-refractivity contribution in [3.8, 4) is 11.5 Å². The van der Waals surface area contributed by atoms with Gasteiger partial charge in [-0.25, -0.2) is 0 Å². The van der Waals surface area contributed by atoms with Gasteiger partial charge in [-0.2, -0.15) is 0 Å². The fraction of sp³-hybridized carbons (Fsp3) is 0.286. The number of benzene rings is 2. The molecule has 0 aromatic heterocycles. The Hall–Kier alpha value is -2.83. The Bertz CT molecular complexity index is 905. The number of nitrogens with one attached hydrogen (secondary N) is 1. The lowest BCUT2D eigenvalue weighted by atomic mass is 9.95. The largest absolute Gasteiger partial charge is 0.508 e. The third kappa shape index (κ3) is 2.97. The number of ether oxygens (including phenoxy) is 2. The van der Waals surface area contributed by atoms with Crippen molar-refractivity contribution in [3.63, 3.8) is 0 Å². The molecule has 0 saturated carbocycles. The fourth-order valence-corrected chi connectivity index (χ4v) is 3.48. The highest BCUT2D eigenvalue weighted by atomic mass is 16.8. The summed E-state index contributed by atoms with van der Waals surface area (Å²) in [5.74, 6) is -1.05. The maximum atomic E-state index is 12.6. The average Bonchev–Trinajstić information content (AvgIpc) is 2.87. The van der Waals surface area contributed by atoms with Gasteiger partial charge in [-0.05, 0) is 55.3 Å². The zero-order chi connectivity index (χ0) is 19.2. The van der Waals surface area contributed by atoms with E-state index in [4.69, 9.17) is 9.47 Å². The minimum absolute atomic E-state index is 0.165. The molecule has 0 aliphatic carbocycles. The van der Waals surface area contributed by atoms with Crippen LogP contribution in [0.25, 0.3) is 6.08 Å². The lowest BCUT2D eigenvalue weighted by Crippen LogP contribution is -2.57. The molecule has 2 fully saturated rings. The van der Waals surface area contributed by atoms with Crippen molar-refractivity contribution < 1.29 is 24.5 Å². The summed E-state index contributed by atoms with van der Waals surface area (Å²) >= 11 is 0. The predicted octanol–water partition coefficient (Wildman–Crippen LogP) is 2.70. The number of morpholine rings is 1. The highest BCUT2D eigenvalue weighted by Crippen LogP contribution is 2.46. The zero-order valence-corrected chi connectivity index (χ0v) is 15.1. The Morgan fingerprint density at radius 1 is 1.07 bits per heavy atom. The maximum Gasteiger partial charge on any atom is 0.259 e. The van der Waals surface area contributed by atoms with Gasteiger partial charge in [-0.3, -0.25) is 4.79 Å². The standard InChI is InChI=1S/C21H21NO5/c1-13-20(2)19(25)22-18(11-14-3-7-16(23)8-4-14)21(26-13,27-20)12-15-5-9-17(24)10-6-15/h3-11,13,23-24H,12H2,1-2H3,(H,22,25)/b18-11-/t13-,20-,21-/m1/s1. The molecule has 27 heavy (non-hydrogen) atoms. The van der Waals surface area contributed by atoms with E-state index in [2.05, 4.69) is 5.32 Å². The Balaban J connectivity index is 1.76. The van der Waals surface area contributed by atoms with Crippen molar-refractivity contribution in [2.75, 3.05) is 0 Å². The molecule has 6 heteroatoms. The van der Waals surface area contributed by atoms with Crippen molar-refractivity contribution in [1.29, 1.82) is 0 Å². The molecule has 2 bridgehead atoms. The Kier molecular flexibility index (Phi) is 3.98. The highest BCUT2D eigenvalue weighted by molar-refractivity contribution is 5.90. The van der Waals surface area contributed by atoms with E-state index in [0.717, 1.165) is 11.1 Å². The molecule has 1 amide bonds. The summed E-state index contributed by atoms with van der Waals surface area (Å²) in [5, 5.41) is 22.0. The predicted molar refractivity (Wildman–Crippen MR) is 98.8 cm³/mol. The van der Waals surface area contributed by atoms with Crippen LogP contribution in [0.4, 0.5) is 0 Å². The van der Waals surface area contributed by atoms with Crippen molar-refractivity contribution in [2.24, 2.45) is 0 Å². The second-order valence-corrected chi connectivity index (χ2v) is 7.17. The van der Waals surface area contributed by atoms with Crippen molar-refractivity contribution in [3.05, 3.63) is 65.4 Å². The molecule has 2 aromatic carbocycles. The molecule has 2 aliphatic rings. The molecule has 0 unspecified atom stereocenters. The van der Waals surface area contributed by atoms with Crippen molar-refractivity contribution in [2.45, 2.75) is 37.8 Å². The zero-order valence-electron chi connectivity index (χ0n) is 15.1. The van der Waals surface area contributed by atoms with Gasteiger partial charge >= 0.3 is 0 Å². The quantitative estimate of drug-likeness (QED) is 0.776. The van der Waals surface area contributed by atoms with Gasteiger partial charge in [0.05, 0.1) is 11.8 Å². The lowest BCUT2D eigenvalue weighted by Gasteiger charge is -2.38. The first-order chi connectivity index (χ1) is 12.8. The van der Waals surface area contributed by atoms with E-state index < -0.39 is 17.5 Å². The molecule has 2 heterocycles. The van der Waals surface area contributed by atoms with Crippen LogP contribution in [0, 0.1) is 0 Å². The van der Waals surface area contributed by atoms with Crippen LogP contribution in [0.3, 0.4) is 0 Å². The van der Waals surface area contributed by atoms with Crippen LogP contribution in [-0.2, 0) is 20.7 Å². The molecular formula is C21H21NO5. The summed E-state index contributed by atoms with van der Waals surface area (Å²) in [5.41, 5.74) is 1.12. The van der Waals surface area contributed by atoms with E-state index in [9.17, 15) is 15.0 Å². The second kappa shape index (κ2) is 6.11. The van der Waals surface area contributed by atoms with Gasteiger partial charge in [0, 0.05) is 6.42 Å². The normalized spacial score (nSPS) is 31.1. The molecule has 0 radical (unpaired) electrons. The van der Waals surface area contributed by atoms with Gasteiger partial charge in [0.1, 0.15) is 11.5 Å². The second-order valence-electron chi connectivity index (χ2n) is 7.17. The summed E-state index contributed by atoms with van der Waals surface area (Å²) < 4.78 is 12.4. The SMILES string of the molecule is C[C@H]1O[C@]2(Cc3ccc(O)cc3)O[C@@]1(C)C(=O)N/C2=C\c1ccc(O)cc1. The topological polar surface area (TPSA) is 88.0 Å². The molecule has 4 rings (SSSR count). The minimum Gasteiger partial charge on any atom is -0.508 e. The summed E-state index contributed by atoms with van der Waals surface area (Å²) in [7, 11) is 0. The van der Waals surface area contributed by atoms with Gasteiger partial charge in [0.25, 0.3) is 5.91 Å². The first-order valence-electron chi connectivity index (χ1n) is 8.79. The Labute approximate surface area is 157 Å². The third-order valence-electron chi connectivity index (χ3n) is 5.21. The number of phenols is 2. The smallest absolute Gasteiger partial charge is 0.259 e. The summed E-state index contributed by atoms with van der Waals surface area (Å²) in [6.07, 6.45) is 1.73. The van der Waals surface area contributed by atoms with E-state index in [1.165, 1.54) is 0 Å². The number of fused-ring (bicyclic) bond motifs is 2. The number of hydrogen-bond acceptors (Lipinski definition) is 5. The molecule has 3 N–H and O–H groups in total. The average molecular weight is 367 g/mol. The van der Waals surface area contributed by atoms with Crippen LogP contribution in [-0.4, -0.2) is 33.6 Å². The van der Waals surface area contributed by atoms with E-state index in [-0.39, 0.29) is 17.4 Å². The van der Waals surface area contributed by atoms with Crippen molar-refractivity contribution in [1.82, 2.24) is 5.32 Å². The highest BCUT2D eigenvalue weighted by Gasteiger charge is 2.62. The number of carbonyl (C=O) groups excluding carboxylic acids is 1.